The van der Waals surface area contributed by atoms with Gasteiger partial charge in [0.05, 0.1) is 0 Å². The van der Waals surface area contributed by atoms with Gasteiger partial charge < -0.3 is 5.73 Å². The van der Waals surface area contributed by atoms with Gasteiger partial charge in [-0.1, -0.05) is 57.0 Å². The van der Waals surface area contributed by atoms with Crippen molar-refractivity contribution in [3.05, 3.63) is 33.8 Å². The smallest absolute Gasteiger partial charge is 0.0500 e. The quantitative estimate of drug-likeness (QED) is 0.796. The highest BCUT2D eigenvalue weighted by atomic mass is 35.5. The summed E-state index contributed by atoms with van der Waals surface area (Å²) in [5, 5.41) is 1.40. The van der Waals surface area contributed by atoms with E-state index >= 15 is 0 Å². The molecule has 114 valence electrons. The summed E-state index contributed by atoms with van der Waals surface area (Å²) < 4.78 is 0. The van der Waals surface area contributed by atoms with Gasteiger partial charge in [0.2, 0.25) is 0 Å². The molecule has 0 fully saturated rings. The van der Waals surface area contributed by atoms with Crippen LogP contribution in [0.15, 0.2) is 18.2 Å². The second-order valence-electron chi connectivity index (χ2n) is 6.13. The lowest BCUT2D eigenvalue weighted by Crippen LogP contribution is -2.39. The number of benzene rings is 1. The van der Waals surface area contributed by atoms with E-state index in [0.717, 1.165) is 18.7 Å². The molecule has 1 atom stereocenters. The van der Waals surface area contributed by atoms with E-state index in [1.54, 1.807) is 0 Å². The van der Waals surface area contributed by atoms with Crippen molar-refractivity contribution in [3.63, 3.8) is 0 Å². The molecule has 0 spiro atoms. The first-order valence-electron chi connectivity index (χ1n) is 7.24. The Labute approximate surface area is 133 Å². The largest absolute Gasteiger partial charge is 0.329 e. The van der Waals surface area contributed by atoms with E-state index in [4.69, 9.17) is 28.9 Å². The maximum Gasteiger partial charge on any atom is 0.0500 e. The average Bonchev–Trinajstić information content (AvgIpc) is 2.32. The van der Waals surface area contributed by atoms with Crippen molar-refractivity contribution in [1.82, 2.24) is 4.90 Å². The second kappa shape index (κ2) is 8.23. The fraction of sp³-hybridized carbons (Fsp3) is 0.625. The summed E-state index contributed by atoms with van der Waals surface area (Å²) in [5.74, 6) is 1.15. The van der Waals surface area contributed by atoms with E-state index < -0.39 is 0 Å². The number of hydrogen-bond acceptors (Lipinski definition) is 2. The molecule has 0 aliphatic heterocycles. The Bertz CT molecular complexity index is 389. The summed E-state index contributed by atoms with van der Waals surface area (Å²) in [6.45, 7) is 11.4. The van der Waals surface area contributed by atoms with E-state index in [-0.39, 0.29) is 6.04 Å². The highest BCUT2D eigenvalue weighted by molar-refractivity contribution is 6.36. The summed E-state index contributed by atoms with van der Waals surface area (Å²) >= 11 is 12.7. The Kier molecular flexibility index (Phi) is 7.32. The van der Waals surface area contributed by atoms with Crippen LogP contribution < -0.4 is 5.73 Å². The van der Waals surface area contributed by atoms with Gasteiger partial charge >= 0.3 is 0 Å². The predicted octanol–water partition coefficient (Wildman–Crippen LogP) is 4.61. The molecule has 20 heavy (non-hydrogen) atoms. The van der Waals surface area contributed by atoms with Crippen LogP contribution in [0.1, 0.15) is 39.3 Å². The van der Waals surface area contributed by atoms with Gasteiger partial charge in [-0.3, -0.25) is 4.90 Å². The number of nitrogens with two attached hydrogens (primary N) is 1. The standard InChI is InChI=1S/C16H26Cl2N2/c1-11(2)9-20(10-12(3)4)15(8-19)16-13(17)6-5-7-14(16)18/h5-7,11-12,15H,8-10,19H2,1-4H3. The molecular formula is C16H26Cl2N2. The molecule has 0 heterocycles. The van der Waals surface area contributed by atoms with Crippen LogP contribution in [-0.2, 0) is 0 Å². The molecular weight excluding hydrogens is 291 g/mol. The van der Waals surface area contributed by atoms with Gasteiger partial charge in [-0.15, -0.1) is 0 Å². The van der Waals surface area contributed by atoms with Crippen molar-refractivity contribution < 1.29 is 0 Å². The van der Waals surface area contributed by atoms with Gasteiger partial charge in [-0.2, -0.15) is 0 Å². The molecule has 1 unspecified atom stereocenters. The van der Waals surface area contributed by atoms with Gasteiger partial charge in [-0.25, -0.2) is 0 Å². The first-order chi connectivity index (χ1) is 9.36. The first kappa shape index (κ1) is 17.8. The molecule has 2 N–H and O–H groups in total. The zero-order valence-corrected chi connectivity index (χ0v) is 14.4. The topological polar surface area (TPSA) is 29.3 Å². The van der Waals surface area contributed by atoms with E-state index in [9.17, 15) is 0 Å². The van der Waals surface area contributed by atoms with E-state index in [2.05, 4.69) is 32.6 Å². The summed E-state index contributed by atoms with van der Waals surface area (Å²) in [4.78, 5) is 2.41. The number of hydrogen-bond donors (Lipinski definition) is 1. The van der Waals surface area contributed by atoms with Gasteiger partial charge in [0.15, 0.2) is 0 Å². The zero-order chi connectivity index (χ0) is 15.3. The Morgan fingerprint density at radius 1 is 1.00 bits per heavy atom. The van der Waals surface area contributed by atoms with Gasteiger partial charge in [0.25, 0.3) is 0 Å². The Morgan fingerprint density at radius 2 is 1.45 bits per heavy atom. The monoisotopic (exact) mass is 316 g/mol. The number of nitrogens with zero attached hydrogens (tertiary/aromatic N) is 1. The minimum absolute atomic E-state index is 0.0704. The fourth-order valence-corrected chi connectivity index (χ4v) is 3.19. The van der Waals surface area contributed by atoms with Crippen molar-refractivity contribution in [1.29, 1.82) is 0 Å². The van der Waals surface area contributed by atoms with Crippen LogP contribution in [0.5, 0.6) is 0 Å². The van der Waals surface area contributed by atoms with Crippen molar-refractivity contribution in [2.75, 3.05) is 19.6 Å². The summed E-state index contributed by atoms with van der Waals surface area (Å²) in [6.07, 6.45) is 0. The van der Waals surface area contributed by atoms with Crippen LogP contribution >= 0.6 is 23.2 Å². The minimum atomic E-state index is 0.0704. The highest BCUT2D eigenvalue weighted by Crippen LogP contribution is 2.33. The maximum absolute atomic E-state index is 6.35. The third-order valence-electron chi connectivity index (χ3n) is 3.20. The predicted molar refractivity (Wildman–Crippen MR) is 89.5 cm³/mol. The molecule has 0 saturated heterocycles. The van der Waals surface area contributed by atoms with Crippen LogP contribution in [0.25, 0.3) is 0 Å². The zero-order valence-electron chi connectivity index (χ0n) is 12.9. The third kappa shape index (κ3) is 4.92. The molecule has 0 bridgehead atoms. The molecule has 1 rings (SSSR count). The fourth-order valence-electron chi connectivity index (χ4n) is 2.55. The average molecular weight is 317 g/mol. The lowest BCUT2D eigenvalue weighted by Gasteiger charge is -2.34. The van der Waals surface area contributed by atoms with Crippen molar-refractivity contribution in [2.24, 2.45) is 17.6 Å². The van der Waals surface area contributed by atoms with Crippen LogP contribution in [0.2, 0.25) is 10.0 Å². The Hall–Kier alpha value is -0.280. The molecule has 0 aliphatic carbocycles. The van der Waals surface area contributed by atoms with Crippen molar-refractivity contribution >= 4 is 23.2 Å². The molecule has 0 aromatic heterocycles. The Balaban J connectivity index is 3.11. The molecule has 0 saturated carbocycles. The van der Waals surface area contributed by atoms with Crippen LogP contribution in [-0.4, -0.2) is 24.5 Å². The van der Waals surface area contributed by atoms with E-state index in [0.29, 0.717) is 28.4 Å². The summed E-state index contributed by atoms with van der Waals surface area (Å²) in [7, 11) is 0. The number of halogens is 2. The molecule has 0 amide bonds. The molecule has 2 nitrogen and oxygen atoms in total. The highest BCUT2D eigenvalue weighted by Gasteiger charge is 2.24. The molecule has 4 heteroatoms. The van der Waals surface area contributed by atoms with Crippen LogP contribution in [0.4, 0.5) is 0 Å². The molecule has 0 aliphatic rings. The van der Waals surface area contributed by atoms with Gasteiger partial charge in [-0.05, 0) is 24.0 Å². The number of rotatable bonds is 7. The normalized spacial score (nSPS) is 13.5. The molecule has 1 aromatic carbocycles. The summed E-state index contributed by atoms with van der Waals surface area (Å²) in [6, 6.07) is 5.71. The van der Waals surface area contributed by atoms with Gasteiger partial charge in [0.1, 0.15) is 0 Å². The van der Waals surface area contributed by atoms with Gasteiger partial charge in [0, 0.05) is 41.3 Å². The molecule has 1 aromatic rings. The van der Waals surface area contributed by atoms with Crippen LogP contribution in [0, 0.1) is 11.8 Å². The van der Waals surface area contributed by atoms with Crippen molar-refractivity contribution in [3.8, 4) is 0 Å². The maximum atomic E-state index is 6.35. The van der Waals surface area contributed by atoms with E-state index in [1.807, 2.05) is 18.2 Å². The van der Waals surface area contributed by atoms with Crippen molar-refractivity contribution in [2.45, 2.75) is 33.7 Å². The SMILES string of the molecule is CC(C)CN(CC(C)C)C(CN)c1c(Cl)cccc1Cl. The summed E-state index contributed by atoms with van der Waals surface area (Å²) in [5.41, 5.74) is 6.99. The second-order valence-corrected chi connectivity index (χ2v) is 6.94. The van der Waals surface area contributed by atoms with Crippen LogP contribution in [0.3, 0.4) is 0 Å². The van der Waals surface area contributed by atoms with E-state index in [1.165, 1.54) is 0 Å². The first-order valence-corrected chi connectivity index (χ1v) is 8.00. The Morgan fingerprint density at radius 3 is 1.80 bits per heavy atom. The third-order valence-corrected chi connectivity index (χ3v) is 3.86. The minimum Gasteiger partial charge on any atom is -0.329 e. The lowest BCUT2D eigenvalue weighted by atomic mass is 10.0. The molecule has 0 radical (unpaired) electrons. The lowest BCUT2D eigenvalue weighted by molar-refractivity contribution is 0.160.